The summed E-state index contributed by atoms with van der Waals surface area (Å²) >= 11 is 0. The van der Waals surface area contributed by atoms with E-state index in [1.165, 1.54) is 38.5 Å². The highest BCUT2D eigenvalue weighted by Crippen LogP contribution is 2.25. The molecule has 0 aliphatic heterocycles. The molecule has 0 bridgehead atoms. The summed E-state index contributed by atoms with van der Waals surface area (Å²) < 4.78 is 10.1. The van der Waals surface area contributed by atoms with Gasteiger partial charge in [-0.15, -0.1) is 0 Å². The van der Waals surface area contributed by atoms with Gasteiger partial charge in [0.2, 0.25) is 0 Å². The third kappa shape index (κ3) is 4.07. The minimum absolute atomic E-state index is 0.451. The van der Waals surface area contributed by atoms with Crippen LogP contribution in [0.5, 0.6) is 0 Å². The molecule has 1 rings (SSSR count). The van der Waals surface area contributed by atoms with E-state index in [2.05, 4.69) is 0 Å². The van der Waals surface area contributed by atoms with Gasteiger partial charge >= 0.3 is 0 Å². The SMILES string of the molecule is COCOCCC1CCCCC1. The van der Waals surface area contributed by atoms with Gasteiger partial charge in [0.15, 0.2) is 0 Å². The molecule has 0 aromatic rings. The third-order valence-electron chi connectivity index (χ3n) is 2.60. The van der Waals surface area contributed by atoms with Crippen molar-refractivity contribution >= 4 is 0 Å². The summed E-state index contributed by atoms with van der Waals surface area (Å²) in [5, 5.41) is 0. The lowest BCUT2D eigenvalue weighted by Gasteiger charge is -2.20. The van der Waals surface area contributed by atoms with Crippen LogP contribution in [0.3, 0.4) is 0 Å². The van der Waals surface area contributed by atoms with Crippen LogP contribution in [0.15, 0.2) is 0 Å². The lowest BCUT2D eigenvalue weighted by atomic mass is 9.87. The van der Waals surface area contributed by atoms with Crippen molar-refractivity contribution in [1.29, 1.82) is 0 Å². The first-order chi connectivity index (χ1) is 5.93. The molecule has 2 nitrogen and oxygen atoms in total. The molecule has 0 amide bonds. The van der Waals surface area contributed by atoms with E-state index in [0.29, 0.717) is 6.79 Å². The second-order valence-electron chi connectivity index (χ2n) is 3.61. The van der Waals surface area contributed by atoms with Crippen molar-refractivity contribution in [3.8, 4) is 0 Å². The van der Waals surface area contributed by atoms with Crippen molar-refractivity contribution in [3.63, 3.8) is 0 Å². The van der Waals surface area contributed by atoms with E-state index < -0.39 is 0 Å². The van der Waals surface area contributed by atoms with Crippen molar-refractivity contribution < 1.29 is 9.47 Å². The van der Waals surface area contributed by atoms with Crippen LogP contribution >= 0.6 is 0 Å². The molecule has 1 fully saturated rings. The van der Waals surface area contributed by atoms with E-state index in [9.17, 15) is 0 Å². The van der Waals surface area contributed by atoms with Gasteiger partial charge in [0.25, 0.3) is 0 Å². The number of rotatable bonds is 5. The molecular formula is C10H20O2. The molecule has 0 N–H and O–H groups in total. The maximum atomic E-state index is 5.26. The molecule has 2 heteroatoms. The van der Waals surface area contributed by atoms with Crippen molar-refractivity contribution in [1.82, 2.24) is 0 Å². The molecule has 1 aliphatic rings. The van der Waals surface area contributed by atoms with Crippen molar-refractivity contribution in [3.05, 3.63) is 0 Å². The summed E-state index contributed by atoms with van der Waals surface area (Å²) in [5.41, 5.74) is 0. The first-order valence-electron chi connectivity index (χ1n) is 5.00. The van der Waals surface area contributed by atoms with Gasteiger partial charge in [0.1, 0.15) is 6.79 Å². The van der Waals surface area contributed by atoms with Crippen LogP contribution in [0.4, 0.5) is 0 Å². The summed E-state index contributed by atoms with van der Waals surface area (Å²) in [5.74, 6) is 0.926. The van der Waals surface area contributed by atoms with E-state index in [-0.39, 0.29) is 0 Å². The van der Waals surface area contributed by atoms with Crippen molar-refractivity contribution in [2.24, 2.45) is 5.92 Å². The molecule has 0 heterocycles. The van der Waals surface area contributed by atoms with E-state index in [4.69, 9.17) is 9.47 Å². The molecule has 0 spiro atoms. The molecule has 0 aromatic carbocycles. The van der Waals surface area contributed by atoms with Gasteiger partial charge in [-0.3, -0.25) is 0 Å². The van der Waals surface area contributed by atoms with Gasteiger partial charge in [-0.25, -0.2) is 0 Å². The monoisotopic (exact) mass is 172 g/mol. The van der Waals surface area contributed by atoms with E-state index in [1.54, 1.807) is 7.11 Å². The number of methoxy groups -OCH3 is 1. The van der Waals surface area contributed by atoms with Crippen LogP contribution < -0.4 is 0 Å². The molecule has 0 aromatic heterocycles. The topological polar surface area (TPSA) is 18.5 Å². The summed E-state index contributed by atoms with van der Waals surface area (Å²) in [6, 6.07) is 0. The first-order valence-corrected chi connectivity index (χ1v) is 5.00. The largest absolute Gasteiger partial charge is 0.359 e. The Bertz CT molecular complexity index is 98.0. The van der Waals surface area contributed by atoms with Gasteiger partial charge in [0, 0.05) is 13.7 Å². The predicted molar refractivity (Wildman–Crippen MR) is 49.0 cm³/mol. The number of hydrogen-bond acceptors (Lipinski definition) is 2. The van der Waals surface area contributed by atoms with Gasteiger partial charge < -0.3 is 9.47 Å². The molecule has 0 atom stereocenters. The van der Waals surface area contributed by atoms with Gasteiger partial charge in [-0.05, 0) is 12.3 Å². The third-order valence-corrected chi connectivity index (χ3v) is 2.60. The van der Waals surface area contributed by atoms with Crippen LogP contribution in [0, 0.1) is 5.92 Å². The average Bonchev–Trinajstić information content (AvgIpc) is 2.14. The van der Waals surface area contributed by atoms with Crippen LogP contribution in [-0.2, 0) is 9.47 Å². The Morgan fingerprint density at radius 2 is 1.92 bits per heavy atom. The molecule has 12 heavy (non-hydrogen) atoms. The fourth-order valence-corrected chi connectivity index (χ4v) is 1.87. The first kappa shape index (κ1) is 10.0. The lowest BCUT2D eigenvalue weighted by molar-refractivity contribution is -0.0354. The quantitative estimate of drug-likeness (QED) is 0.469. The predicted octanol–water partition coefficient (Wildman–Crippen LogP) is 2.58. The van der Waals surface area contributed by atoms with Crippen LogP contribution in [0.25, 0.3) is 0 Å². The fraction of sp³-hybridized carbons (Fsp3) is 1.00. The maximum Gasteiger partial charge on any atom is 0.146 e. The zero-order valence-electron chi connectivity index (χ0n) is 8.05. The van der Waals surface area contributed by atoms with E-state index >= 15 is 0 Å². The molecule has 0 saturated heterocycles. The Morgan fingerprint density at radius 3 is 2.58 bits per heavy atom. The van der Waals surface area contributed by atoms with Crippen molar-refractivity contribution in [2.45, 2.75) is 38.5 Å². The summed E-state index contributed by atoms with van der Waals surface area (Å²) in [6.07, 6.45) is 8.34. The second kappa shape index (κ2) is 6.44. The Hall–Kier alpha value is -0.0800. The van der Waals surface area contributed by atoms with Gasteiger partial charge in [0.05, 0.1) is 0 Å². The zero-order valence-corrected chi connectivity index (χ0v) is 8.05. The van der Waals surface area contributed by atoms with Gasteiger partial charge in [-0.2, -0.15) is 0 Å². The van der Waals surface area contributed by atoms with E-state index in [1.807, 2.05) is 0 Å². The minimum atomic E-state index is 0.451. The second-order valence-corrected chi connectivity index (χ2v) is 3.61. The Morgan fingerprint density at radius 1 is 1.17 bits per heavy atom. The highest BCUT2D eigenvalue weighted by atomic mass is 16.7. The molecule has 1 aliphatic carbocycles. The van der Waals surface area contributed by atoms with Crippen LogP contribution in [0.1, 0.15) is 38.5 Å². The fourth-order valence-electron chi connectivity index (χ4n) is 1.87. The highest BCUT2D eigenvalue weighted by molar-refractivity contribution is 4.64. The molecule has 0 unspecified atom stereocenters. The molecule has 72 valence electrons. The Balaban J connectivity index is 1.91. The molecule has 1 saturated carbocycles. The maximum absolute atomic E-state index is 5.26. The normalized spacial score (nSPS) is 19.8. The van der Waals surface area contributed by atoms with E-state index in [0.717, 1.165) is 12.5 Å². The number of ether oxygens (including phenoxy) is 2. The van der Waals surface area contributed by atoms with Crippen LogP contribution in [-0.4, -0.2) is 20.5 Å². The van der Waals surface area contributed by atoms with Crippen LogP contribution in [0.2, 0.25) is 0 Å². The van der Waals surface area contributed by atoms with Crippen molar-refractivity contribution in [2.75, 3.05) is 20.5 Å². The highest BCUT2D eigenvalue weighted by Gasteiger charge is 2.12. The minimum Gasteiger partial charge on any atom is -0.359 e. The average molecular weight is 172 g/mol. The standard InChI is InChI=1S/C10H20O2/c1-11-9-12-8-7-10-5-3-2-4-6-10/h10H,2-9H2,1H3. The molecule has 0 radical (unpaired) electrons. The zero-order chi connectivity index (χ0) is 8.65. The smallest absolute Gasteiger partial charge is 0.146 e. The lowest BCUT2D eigenvalue weighted by Crippen LogP contribution is -2.10. The number of hydrogen-bond donors (Lipinski definition) is 0. The summed E-state index contributed by atoms with van der Waals surface area (Å²) in [7, 11) is 1.67. The summed E-state index contributed by atoms with van der Waals surface area (Å²) in [4.78, 5) is 0. The molecular weight excluding hydrogens is 152 g/mol. The van der Waals surface area contributed by atoms with Gasteiger partial charge in [-0.1, -0.05) is 32.1 Å². The Labute approximate surface area is 75.2 Å². The Kier molecular flexibility index (Phi) is 5.37. The summed E-state index contributed by atoms with van der Waals surface area (Å²) in [6.45, 7) is 1.32.